The lowest BCUT2D eigenvalue weighted by molar-refractivity contribution is 0.222. The molecule has 1 aliphatic heterocycles. The normalized spacial score (nSPS) is 22.9. The molecule has 4 heteroatoms. The summed E-state index contributed by atoms with van der Waals surface area (Å²) in [4.78, 5) is 4.24. The molecular formula is C8H12N2OS. The molecule has 3 nitrogen and oxygen atoms in total. The maximum absolute atomic E-state index is 5.64. The van der Waals surface area contributed by atoms with E-state index in [0.29, 0.717) is 6.10 Å². The number of aromatic nitrogens is 1. The van der Waals surface area contributed by atoms with Gasteiger partial charge in [0.25, 0.3) is 5.19 Å². The Kier molecular flexibility index (Phi) is 2.28. The number of nitrogens with one attached hydrogen (secondary N) is 1. The van der Waals surface area contributed by atoms with Gasteiger partial charge in [-0.15, -0.1) is 0 Å². The van der Waals surface area contributed by atoms with Crippen LogP contribution in [0.3, 0.4) is 0 Å². The van der Waals surface area contributed by atoms with Crippen LogP contribution in [-0.4, -0.2) is 24.2 Å². The molecule has 0 saturated carbocycles. The van der Waals surface area contributed by atoms with Crippen LogP contribution in [-0.2, 0) is 0 Å². The first-order valence-electron chi connectivity index (χ1n) is 4.14. The van der Waals surface area contributed by atoms with Gasteiger partial charge in [-0.2, -0.15) is 0 Å². The average molecular weight is 184 g/mol. The number of rotatable bonds is 2. The van der Waals surface area contributed by atoms with Crippen molar-refractivity contribution in [3.63, 3.8) is 0 Å². The van der Waals surface area contributed by atoms with Gasteiger partial charge in [-0.25, -0.2) is 4.98 Å². The second-order valence-electron chi connectivity index (χ2n) is 2.99. The summed E-state index contributed by atoms with van der Waals surface area (Å²) in [5.41, 5.74) is 1.04. The number of nitrogens with zero attached hydrogens (tertiary/aromatic N) is 1. The Labute approximate surface area is 75.8 Å². The van der Waals surface area contributed by atoms with Gasteiger partial charge in [0.2, 0.25) is 0 Å². The van der Waals surface area contributed by atoms with Gasteiger partial charge in [0.1, 0.15) is 6.10 Å². The Morgan fingerprint density at radius 2 is 2.67 bits per heavy atom. The fraction of sp³-hybridized carbons (Fsp3) is 0.625. The molecule has 12 heavy (non-hydrogen) atoms. The lowest BCUT2D eigenvalue weighted by Crippen LogP contribution is -2.19. The van der Waals surface area contributed by atoms with E-state index in [4.69, 9.17) is 4.74 Å². The van der Waals surface area contributed by atoms with E-state index in [-0.39, 0.29) is 0 Å². The van der Waals surface area contributed by atoms with Crippen molar-refractivity contribution in [1.29, 1.82) is 0 Å². The molecule has 0 amide bonds. The van der Waals surface area contributed by atoms with Crippen LogP contribution < -0.4 is 10.1 Å². The van der Waals surface area contributed by atoms with Crippen molar-refractivity contribution < 1.29 is 4.74 Å². The highest BCUT2D eigenvalue weighted by atomic mass is 32.1. The summed E-state index contributed by atoms with van der Waals surface area (Å²) in [7, 11) is 0. The van der Waals surface area contributed by atoms with Crippen molar-refractivity contribution in [3.8, 4) is 5.19 Å². The molecule has 1 atom stereocenters. The summed E-state index contributed by atoms with van der Waals surface area (Å²) < 4.78 is 5.64. The third kappa shape index (κ3) is 1.76. The van der Waals surface area contributed by atoms with E-state index < -0.39 is 0 Å². The number of hydrogen-bond donors (Lipinski definition) is 1. The topological polar surface area (TPSA) is 34.1 Å². The Bertz CT molecular complexity index is 255. The molecule has 1 aliphatic rings. The number of ether oxygens (including phenoxy) is 1. The minimum absolute atomic E-state index is 0.329. The molecule has 1 unspecified atom stereocenters. The molecule has 0 radical (unpaired) electrons. The maximum Gasteiger partial charge on any atom is 0.273 e. The molecule has 2 heterocycles. The van der Waals surface area contributed by atoms with E-state index in [9.17, 15) is 0 Å². The summed E-state index contributed by atoms with van der Waals surface area (Å²) in [6.07, 6.45) is 1.43. The predicted octanol–water partition coefficient (Wildman–Crippen LogP) is 1.19. The first kappa shape index (κ1) is 8.01. The van der Waals surface area contributed by atoms with Crippen molar-refractivity contribution in [1.82, 2.24) is 10.3 Å². The zero-order valence-electron chi connectivity index (χ0n) is 7.04. The highest BCUT2D eigenvalue weighted by Crippen LogP contribution is 2.20. The van der Waals surface area contributed by atoms with Gasteiger partial charge in [-0.05, 0) is 19.9 Å². The molecule has 2 rings (SSSR count). The lowest BCUT2D eigenvalue weighted by Gasteiger charge is -2.07. The molecular weight excluding hydrogens is 172 g/mol. The van der Waals surface area contributed by atoms with Gasteiger partial charge in [-0.3, -0.25) is 0 Å². The van der Waals surface area contributed by atoms with Gasteiger partial charge < -0.3 is 10.1 Å². The summed E-state index contributed by atoms with van der Waals surface area (Å²) in [6.45, 7) is 4.00. The molecule has 0 bridgehead atoms. The highest BCUT2D eigenvalue weighted by Gasteiger charge is 2.16. The zero-order chi connectivity index (χ0) is 8.39. The van der Waals surface area contributed by atoms with E-state index in [1.807, 2.05) is 12.3 Å². The van der Waals surface area contributed by atoms with Gasteiger partial charge in [0, 0.05) is 11.9 Å². The Balaban J connectivity index is 1.94. The molecule has 0 spiro atoms. The number of hydrogen-bond acceptors (Lipinski definition) is 4. The van der Waals surface area contributed by atoms with Crippen LogP contribution in [0.2, 0.25) is 0 Å². The maximum atomic E-state index is 5.64. The van der Waals surface area contributed by atoms with Crippen molar-refractivity contribution in [2.45, 2.75) is 19.4 Å². The van der Waals surface area contributed by atoms with Crippen LogP contribution in [0.25, 0.3) is 0 Å². The third-order valence-corrected chi connectivity index (χ3v) is 2.73. The van der Waals surface area contributed by atoms with Crippen LogP contribution in [0.5, 0.6) is 5.19 Å². The van der Waals surface area contributed by atoms with Gasteiger partial charge in [-0.1, -0.05) is 11.3 Å². The number of aryl methyl sites for hydroxylation is 1. The molecule has 1 fully saturated rings. The van der Waals surface area contributed by atoms with Crippen LogP contribution in [0, 0.1) is 6.92 Å². The molecule has 0 aromatic carbocycles. The predicted molar refractivity (Wildman–Crippen MR) is 48.8 cm³/mol. The Morgan fingerprint density at radius 1 is 1.75 bits per heavy atom. The molecule has 1 N–H and O–H groups in total. The summed E-state index contributed by atoms with van der Waals surface area (Å²) >= 11 is 1.58. The minimum atomic E-state index is 0.329. The number of thiazole rings is 1. The quantitative estimate of drug-likeness (QED) is 0.749. The smallest absolute Gasteiger partial charge is 0.273 e. The minimum Gasteiger partial charge on any atom is -0.465 e. The molecule has 66 valence electrons. The molecule has 1 saturated heterocycles. The summed E-state index contributed by atoms with van der Waals surface area (Å²) in [5.74, 6) is 0. The third-order valence-electron chi connectivity index (χ3n) is 1.88. The SMILES string of the molecule is Cc1csc(OC2CCNC2)n1. The first-order valence-corrected chi connectivity index (χ1v) is 5.02. The van der Waals surface area contributed by atoms with E-state index in [1.54, 1.807) is 11.3 Å². The van der Waals surface area contributed by atoms with Crippen molar-refractivity contribution >= 4 is 11.3 Å². The Hall–Kier alpha value is -0.610. The average Bonchev–Trinajstić information content (AvgIpc) is 2.63. The van der Waals surface area contributed by atoms with Crippen molar-refractivity contribution in [3.05, 3.63) is 11.1 Å². The first-order chi connectivity index (χ1) is 5.84. The van der Waals surface area contributed by atoms with Gasteiger partial charge in [0.15, 0.2) is 0 Å². The van der Waals surface area contributed by atoms with Gasteiger partial charge in [0.05, 0.1) is 5.69 Å². The largest absolute Gasteiger partial charge is 0.465 e. The van der Waals surface area contributed by atoms with Crippen molar-refractivity contribution in [2.24, 2.45) is 0 Å². The van der Waals surface area contributed by atoms with Gasteiger partial charge >= 0.3 is 0 Å². The highest BCUT2D eigenvalue weighted by molar-refractivity contribution is 7.11. The fourth-order valence-corrected chi connectivity index (χ4v) is 1.97. The van der Waals surface area contributed by atoms with Crippen LogP contribution in [0.1, 0.15) is 12.1 Å². The summed E-state index contributed by atoms with van der Waals surface area (Å²) in [5, 5.41) is 6.07. The van der Waals surface area contributed by atoms with Crippen LogP contribution >= 0.6 is 11.3 Å². The Morgan fingerprint density at radius 3 is 3.25 bits per heavy atom. The van der Waals surface area contributed by atoms with Crippen LogP contribution in [0.4, 0.5) is 0 Å². The standard InChI is InChI=1S/C8H12N2OS/c1-6-5-12-8(10-6)11-7-2-3-9-4-7/h5,7,9H,2-4H2,1H3. The molecule has 0 aliphatic carbocycles. The molecule has 1 aromatic rings. The van der Waals surface area contributed by atoms with E-state index in [1.165, 1.54) is 0 Å². The molecule has 1 aromatic heterocycles. The van der Waals surface area contributed by atoms with E-state index >= 15 is 0 Å². The van der Waals surface area contributed by atoms with E-state index in [2.05, 4.69) is 10.3 Å². The lowest BCUT2D eigenvalue weighted by atomic mass is 10.3. The zero-order valence-corrected chi connectivity index (χ0v) is 7.86. The fourth-order valence-electron chi connectivity index (χ4n) is 1.26. The van der Waals surface area contributed by atoms with Crippen LogP contribution in [0.15, 0.2) is 5.38 Å². The monoisotopic (exact) mass is 184 g/mol. The second-order valence-corrected chi connectivity index (χ2v) is 3.81. The second kappa shape index (κ2) is 3.41. The summed E-state index contributed by atoms with van der Waals surface area (Å²) in [6, 6.07) is 0. The van der Waals surface area contributed by atoms with E-state index in [0.717, 1.165) is 30.4 Å². The van der Waals surface area contributed by atoms with Crippen molar-refractivity contribution in [2.75, 3.05) is 13.1 Å².